The number of amides is 3. The number of ether oxygens (including phenoxy) is 1. The number of carbonyl (C=O) groups is 3. The van der Waals surface area contributed by atoms with Crippen LogP contribution in [0.3, 0.4) is 0 Å². The van der Waals surface area contributed by atoms with E-state index in [1.54, 1.807) is 25.4 Å². The first-order chi connectivity index (χ1) is 12.9. The van der Waals surface area contributed by atoms with Crippen LogP contribution in [0, 0.1) is 11.8 Å². The molecule has 1 spiro atoms. The van der Waals surface area contributed by atoms with Gasteiger partial charge in [-0.05, 0) is 19.4 Å². The number of methoxy groups -OCH3 is 1. The number of likely N-dealkylation sites (tertiary alicyclic amines) is 1. The zero-order chi connectivity index (χ0) is 19.3. The van der Waals surface area contributed by atoms with Crippen molar-refractivity contribution in [1.82, 2.24) is 4.90 Å². The van der Waals surface area contributed by atoms with E-state index >= 15 is 0 Å². The van der Waals surface area contributed by atoms with Crippen molar-refractivity contribution in [2.24, 2.45) is 11.8 Å². The Bertz CT molecular complexity index is 810. The molecule has 0 unspecified atom stereocenters. The highest BCUT2D eigenvalue weighted by Gasteiger charge is 2.74. The minimum atomic E-state index is -1.22. The lowest BCUT2D eigenvalue weighted by atomic mass is 9.76. The Labute approximate surface area is 156 Å². The Balaban J connectivity index is 1.79. The van der Waals surface area contributed by atoms with E-state index in [0.29, 0.717) is 24.3 Å². The quantitative estimate of drug-likeness (QED) is 0.443. The highest BCUT2D eigenvalue weighted by Crippen LogP contribution is 2.49. The molecule has 4 rings (SSSR count). The number of hydrogen-bond acceptors (Lipinski definition) is 5. The van der Waals surface area contributed by atoms with Crippen molar-refractivity contribution < 1.29 is 29.5 Å². The van der Waals surface area contributed by atoms with Crippen molar-refractivity contribution >= 4 is 23.4 Å². The molecule has 8 heteroatoms. The van der Waals surface area contributed by atoms with Crippen molar-refractivity contribution in [3.8, 4) is 0 Å². The molecule has 1 aromatic carbocycles. The third kappa shape index (κ3) is 2.37. The highest BCUT2D eigenvalue weighted by molar-refractivity contribution is 6.13. The second kappa shape index (κ2) is 6.40. The van der Waals surface area contributed by atoms with Crippen molar-refractivity contribution in [3.05, 3.63) is 29.8 Å². The Morgan fingerprint density at radius 2 is 2.04 bits per heavy atom. The molecule has 0 aromatic heterocycles. The van der Waals surface area contributed by atoms with Crippen LogP contribution in [0.2, 0.25) is 0 Å². The summed E-state index contributed by atoms with van der Waals surface area (Å²) < 4.78 is 5.02. The molecule has 5 atom stereocenters. The molecule has 3 heterocycles. The average molecular weight is 374 g/mol. The number of quaternary nitrogens is 1. The van der Waals surface area contributed by atoms with Gasteiger partial charge >= 0.3 is 0 Å². The molecule has 0 aliphatic carbocycles. The number of nitrogens with one attached hydrogen (secondary N) is 1. The van der Waals surface area contributed by atoms with Gasteiger partial charge < -0.3 is 20.5 Å². The van der Waals surface area contributed by atoms with Gasteiger partial charge in [0.2, 0.25) is 17.4 Å². The van der Waals surface area contributed by atoms with Crippen LogP contribution in [-0.4, -0.2) is 60.1 Å². The summed E-state index contributed by atoms with van der Waals surface area (Å²) in [5.41, 5.74) is 0.140. The maximum Gasteiger partial charge on any atom is 0.291 e. The van der Waals surface area contributed by atoms with Gasteiger partial charge in [0.05, 0.1) is 5.69 Å². The Kier molecular flexibility index (Phi) is 4.29. The highest BCUT2D eigenvalue weighted by atomic mass is 16.5. The molecule has 3 aliphatic heterocycles. The second-order valence-electron chi connectivity index (χ2n) is 7.53. The number of fused-ring (bicyclic) bond motifs is 4. The number of aliphatic hydroxyl groups excluding tert-OH is 1. The zero-order valence-electron chi connectivity index (χ0n) is 15.3. The van der Waals surface area contributed by atoms with Crippen molar-refractivity contribution in [2.45, 2.75) is 31.0 Å². The van der Waals surface area contributed by atoms with Crippen LogP contribution < -0.4 is 10.6 Å². The first-order valence-electron chi connectivity index (χ1n) is 9.22. The molecule has 144 valence electrons. The predicted octanol–water partition coefficient (Wildman–Crippen LogP) is -1.20. The minimum absolute atomic E-state index is 0.254. The van der Waals surface area contributed by atoms with Crippen LogP contribution in [-0.2, 0) is 24.7 Å². The number of carbonyl (C=O) groups excluding carboxylic acids is 3. The van der Waals surface area contributed by atoms with Gasteiger partial charge in [-0.25, -0.2) is 0 Å². The Morgan fingerprint density at radius 1 is 1.30 bits per heavy atom. The van der Waals surface area contributed by atoms with E-state index in [4.69, 9.17) is 4.74 Å². The van der Waals surface area contributed by atoms with Crippen LogP contribution in [0.1, 0.15) is 18.9 Å². The van der Waals surface area contributed by atoms with Gasteiger partial charge in [0.1, 0.15) is 24.0 Å². The van der Waals surface area contributed by atoms with E-state index in [9.17, 15) is 19.5 Å². The topological polar surface area (TPSA) is 113 Å². The summed E-state index contributed by atoms with van der Waals surface area (Å²) in [6, 6.07) is 6.68. The van der Waals surface area contributed by atoms with Crippen LogP contribution in [0.4, 0.5) is 5.69 Å². The lowest BCUT2D eigenvalue weighted by Crippen LogP contribution is -3.00. The maximum absolute atomic E-state index is 13.3. The predicted molar refractivity (Wildman–Crippen MR) is 94.3 cm³/mol. The molecule has 0 saturated carbocycles. The van der Waals surface area contributed by atoms with Crippen LogP contribution in [0.5, 0.6) is 0 Å². The van der Waals surface area contributed by atoms with E-state index in [-0.39, 0.29) is 24.3 Å². The lowest BCUT2D eigenvalue weighted by molar-refractivity contribution is -0.738. The first-order valence-corrected chi connectivity index (χ1v) is 9.22. The average Bonchev–Trinajstić information content (AvgIpc) is 3.22. The van der Waals surface area contributed by atoms with Crippen molar-refractivity contribution in [1.29, 1.82) is 0 Å². The van der Waals surface area contributed by atoms with Gasteiger partial charge in [-0.3, -0.25) is 19.3 Å². The first kappa shape index (κ1) is 18.1. The number of para-hydroxylation sites is 1. The number of hydrogen-bond donors (Lipinski definition) is 3. The Hall–Kier alpha value is -2.29. The maximum atomic E-state index is 13.3. The number of nitrogens with two attached hydrogens (primary N) is 1. The van der Waals surface area contributed by atoms with Gasteiger partial charge in [-0.2, -0.15) is 0 Å². The largest absolute Gasteiger partial charge is 0.387 e. The van der Waals surface area contributed by atoms with E-state index < -0.39 is 29.5 Å². The number of rotatable bonds is 5. The van der Waals surface area contributed by atoms with E-state index in [1.807, 2.05) is 18.2 Å². The van der Waals surface area contributed by atoms with Crippen molar-refractivity contribution in [3.63, 3.8) is 0 Å². The van der Waals surface area contributed by atoms with E-state index in [2.05, 4.69) is 5.32 Å². The summed E-state index contributed by atoms with van der Waals surface area (Å²) in [7, 11) is 1.57. The number of anilines is 1. The summed E-state index contributed by atoms with van der Waals surface area (Å²) >= 11 is 0. The minimum Gasteiger partial charge on any atom is -0.387 e. The fraction of sp³-hybridized carbons (Fsp3) is 0.526. The third-order valence-corrected chi connectivity index (χ3v) is 6.09. The summed E-state index contributed by atoms with van der Waals surface area (Å²) in [6.07, 6.45) is -0.306. The number of imide groups is 1. The fourth-order valence-electron chi connectivity index (χ4n) is 4.93. The summed E-state index contributed by atoms with van der Waals surface area (Å²) in [4.78, 5) is 40.6. The van der Waals surface area contributed by atoms with Crippen LogP contribution in [0.25, 0.3) is 0 Å². The Morgan fingerprint density at radius 3 is 2.74 bits per heavy atom. The molecule has 3 amide bonds. The summed E-state index contributed by atoms with van der Waals surface area (Å²) in [6.45, 7) is 2.29. The van der Waals surface area contributed by atoms with E-state index in [1.165, 1.54) is 4.90 Å². The van der Waals surface area contributed by atoms with Gasteiger partial charge in [0.15, 0.2) is 0 Å². The smallest absolute Gasteiger partial charge is 0.291 e. The SMILES string of the molecule is COCCCN1C(=O)[C@@H]2[C@H]([C@@H](C)O)[NH2+][C@]3(C(=O)Nc4ccccc43)[C@@H]2C1=O. The molecule has 0 bridgehead atoms. The molecular weight excluding hydrogens is 350 g/mol. The van der Waals surface area contributed by atoms with Crippen molar-refractivity contribution in [2.75, 3.05) is 25.6 Å². The second-order valence-corrected chi connectivity index (χ2v) is 7.53. The zero-order valence-corrected chi connectivity index (χ0v) is 15.3. The molecule has 0 radical (unpaired) electrons. The lowest BCUT2D eigenvalue weighted by Gasteiger charge is -2.27. The summed E-state index contributed by atoms with van der Waals surface area (Å²) in [5.74, 6) is -2.50. The molecule has 8 nitrogen and oxygen atoms in total. The molecule has 27 heavy (non-hydrogen) atoms. The normalized spacial score (nSPS) is 32.8. The van der Waals surface area contributed by atoms with Crippen LogP contribution in [0.15, 0.2) is 24.3 Å². The van der Waals surface area contributed by atoms with Gasteiger partial charge in [0.25, 0.3) is 5.91 Å². The van der Waals surface area contributed by atoms with Crippen LogP contribution >= 0.6 is 0 Å². The van der Waals surface area contributed by atoms with Gasteiger partial charge in [-0.15, -0.1) is 0 Å². The molecule has 1 aromatic rings. The standard InChI is InChI=1S/C19H23N3O5/c1-10(23)15-13-14(17(25)22(16(13)24)8-5-9-27-2)19(21-15)11-6-3-4-7-12(11)20-18(19)26/h3-4,6-7,10,13-15,21,23H,5,8-9H2,1-2H3,(H,20,26)/p+1/t10-,13+,14+,15+,19+/m1/s1. The number of benzene rings is 1. The molecule has 2 saturated heterocycles. The molecule has 3 aliphatic rings. The fourth-order valence-corrected chi connectivity index (χ4v) is 4.93. The monoisotopic (exact) mass is 374 g/mol. The third-order valence-electron chi connectivity index (χ3n) is 6.09. The molecular formula is C19H24N3O5+. The number of aliphatic hydroxyl groups is 1. The van der Waals surface area contributed by atoms with Gasteiger partial charge in [0, 0.05) is 25.8 Å². The summed E-state index contributed by atoms with van der Waals surface area (Å²) in [5, 5.41) is 14.9. The molecule has 2 fully saturated rings. The van der Waals surface area contributed by atoms with E-state index in [0.717, 1.165) is 0 Å². The van der Waals surface area contributed by atoms with Gasteiger partial charge in [-0.1, -0.05) is 18.2 Å². The molecule has 4 N–H and O–H groups in total. The number of nitrogens with zero attached hydrogens (tertiary/aromatic N) is 1.